The minimum atomic E-state index is -0.534. The van der Waals surface area contributed by atoms with Crippen molar-refractivity contribution in [2.75, 3.05) is 19.8 Å². The van der Waals surface area contributed by atoms with E-state index in [4.69, 9.17) is 19.3 Å². The van der Waals surface area contributed by atoms with Gasteiger partial charge in [-0.25, -0.2) is 4.79 Å². The Hall–Kier alpha value is -1.75. The quantitative estimate of drug-likeness (QED) is 0.797. The van der Waals surface area contributed by atoms with Gasteiger partial charge in [-0.1, -0.05) is 12.1 Å². The molecular formula is C14H20O5. The number of carbonyl (C=O) groups excluding carboxylic acids is 1. The third-order valence-corrected chi connectivity index (χ3v) is 1.96. The molecule has 0 saturated carbocycles. The molecule has 1 aromatic carbocycles. The van der Waals surface area contributed by atoms with Gasteiger partial charge in [-0.15, -0.1) is 0 Å². The van der Waals surface area contributed by atoms with Crippen LogP contribution in [0.2, 0.25) is 0 Å². The lowest BCUT2D eigenvalue weighted by Crippen LogP contribution is -2.27. The van der Waals surface area contributed by atoms with Crippen LogP contribution in [0.25, 0.3) is 0 Å². The third-order valence-electron chi connectivity index (χ3n) is 1.96. The van der Waals surface area contributed by atoms with Gasteiger partial charge < -0.3 is 19.3 Å². The Balaban J connectivity index is 2.55. The van der Waals surface area contributed by atoms with Crippen LogP contribution in [0.3, 0.4) is 0 Å². The van der Waals surface area contributed by atoms with Crippen LogP contribution in [0.15, 0.2) is 24.3 Å². The number of hydrogen-bond donors (Lipinski definition) is 1. The number of ether oxygens (including phenoxy) is 3. The summed E-state index contributed by atoms with van der Waals surface area (Å²) in [4.78, 5) is 11.5. The molecule has 0 amide bonds. The molecule has 0 bridgehead atoms. The highest BCUT2D eigenvalue weighted by atomic mass is 16.6. The standard InChI is InChI=1S/C14H20O5/c1-14(2,3)19-13(16)10-18-12-7-5-4-6-11(12)17-9-8-15/h4-7,15H,8-10H2,1-3H3. The van der Waals surface area contributed by atoms with Crippen molar-refractivity contribution >= 4 is 5.97 Å². The largest absolute Gasteiger partial charge is 0.487 e. The van der Waals surface area contributed by atoms with Gasteiger partial charge in [-0.3, -0.25) is 0 Å². The van der Waals surface area contributed by atoms with Gasteiger partial charge in [0.15, 0.2) is 18.1 Å². The summed E-state index contributed by atoms with van der Waals surface area (Å²) in [5, 5.41) is 8.72. The van der Waals surface area contributed by atoms with Crippen molar-refractivity contribution in [1.29, 1.82) is 0 Å². The van der Waals surface area contributed by atoms with Gasteiger partial charge in [0.1, 0.15) is 12.2 Å². The van der Waals surface area contributed by atoms with Crippen LogP contribution in [-0.4, -0.2) is 36.5 Å². The van der Waals surface area contributed by atoms with Gasteiger partial charge >= 0.3 is 5.97 Å². The fourth-order valence-electron chi connectivity index (χ4n) is 1.35. The van der Waals surface area contributed by atoms with Crippen molar-refractivity contribution in [2.24, 2.45) is 0 Å². The van der Waals surface area contributed by atoms with Crippen molar-refractivity contribution in [3.8, 4) is 11.5 Å². The van der Waals surface area contributed by atoms with Gasteiger partial charge in [0.2, 0.25) is 0 Å². The summed E-state index contributed by atoms with van der Waals surface area (Å²) < 4.78 is 15.8. The number of aliphatic hydroxyl groups is 1. The number of hydrogen-bond acceptors (Lipinski definition) is 5. The third kappa shape index (κ3) is 6.10. The zero-order chi connectivity index (χ0) is 14.3. The van der Waals surface area contributed by atoms with E-state index in [2.05, 4.69) is 0 Å². The van der Waals surface area contributed by atoms with E-state index in [1.54, 1.807) is 45.0 Å². The summed E-state index contributed by atoms with van der Waals surface area (Å²) in [7, 11) is 0. The summed E-state index contributed by atoms with van der Waals surface area (Å²) in [6.07, 6.45) is 0. The first-order chi connectivity index (χ1) is 8.92. The van der Waals surface area contributed by atoms with E-state index in [0.717, 1.165) is 0 Å². The average molecular weight is 268 g/mol. The molecule has 0 aromatic heterocycles. The summed E-state index contributed by atoms with van der Waals surface area (Å²) >= 11 is 0. The first-order valence-electron chi connectivity index (χ1n) is 6.10. The number of esters is 1. The summed E-state index contributed by atoms with van der Waals surface area (Å²) in [5.41, 5.74) is -0.534. The van der Waals surface area contributed by atoms with Gasteiger partial charge in [0.05, 0.1) is 6.61 Å². The second kappa shape index (κ2) is 6.99. The predicted octanol–water partition coefficient (Wildman–Crippen LogP) is 1.78. The zero-order valence-electron chi connectivity index (χ0n) is 11.5. The van der Waals surface area contributed by atoms with Gasteiger partial charge in [0, 0.05) is 0 Å². The summed E-state index contributed by atoms with van der Waals surface area (Å²) in [6, 6.07) is 6.96. The Morgan fingerprint density at radius 3 is 2.26 bits per heavy atom. The van der Waals surface area contributed by atoms with Crippen molar-refractivity contribution in [1.82, 2.24) is 0 Å². The molecule has 1 rings (SSSR count). The molecule has 5 nitrogen and oxygen atoms in total. The Kier molecular flexibility index (Phi) is 5.63. The molecule has 0 fully saturated rings. The molecule has 106 valence electrons. The van der Waals surface area contributed by atoms with Crippen LogP contribution < -0.4 is 9.47 Å². The molecule has 19 heavy (non-hydrogen) atoms. The van der Waals surface area contributed by atoms with E-state index in [1.165, 1.54) is 0 Å². The topological polar surface area (TPSA) is 65.0 Å². The lowest BCUT2D eigenvalue weighted by Gasteiger charge is -2.19. The number of aliphatic hydroxyl groups excluding tert-OH is 1. The minimum absolute atomic E-state index is 0.0829. The van der Waals surface area contributed by atoms with E-state index in [-0.39, 0.29) is 19.8 Å². The van der Waals surface area contributed by atoms with Crippen LogP contribution in [-0.2, 0) is 9.53 Å². The Bertz CT molecular complexity index is 409. The lowest BCUT2D eigenvalue weighted by molar-refractivity contribution is -0.157. The second-order valence-electron chi connectivity index (χ2n) is 4.89. The molecule has 1 aromatic rings. The molecule has 1 N–H and O–H groups in total. The molecule has 0 saturated heterocycles. The molecule has 0 radical (unpaired) electrons. The van der Waals surface area contributed by atoms with Crippen LogP contribution in [0.1, 0.15) is 20.8 Å². The lowest BCUT2D eigenvalue weighted by atomic mass is 10.2. The Labute approximate surface area is 113 Å². The normalized spacial score (nSPS) is 10.9. The van der Waals surface area contributed by atoms with Crippen molar-refractivity contribution in [3.05, 3.63) is 24.3 Å². The van der Waals surface area contributed by atoms with E-state index < -0.39 is 11.6 Å². The van der Waals surface area contributed by atoms with E-state index in [9.17, 15) is 4.79 Å². The molecule has 5 heteroatoms. The number of rotatable bonds is 6. The van der Waals surface area contributed by atoms with E-state index in [0.29, 0.717) is 11.5 Å². The Morgan fingerprint density at radius 1 is 1.16 bits per heavy atom. The zero-order valence-corrected chi connectivity index (χ0v) is 11.5. The fraction of sp³-hybridized carbons (Fsp3) is 0.500. The Morgan fingerprint density at radius 2 is 1.74 bits per heavy atom. The fourth-order valence-corrected chi connectivity index (χ4v) is 1.35. The smallest absolute Gasteiger partial charge is 0.344 e. The monoisotopic (exact) mass is 268 g/mol. The van der Waals surface area contributed by atoms with Crippen molar-refractivity contribution < 1.29 is 24.1 Å². The number of carbonyl (C=O) groups is 1. The van der Waals surface area contributed by atoms with Crippen LogP contribution in [0.5, 0.6) is 11.5 Å². The molecule has 0 heterocycles. The first-order valence-corrected chi connectivity index (χ1v) is 6.10. The molecule has 0 aliphatic heterocycles. The molecule has 0 aliphatic rings. The van der Waals surface area contributed by atoms with Gasteiger partial charge in [-0.05, 0) is 32.9 Å². The highest BCUT2D eigenvalue weighted by Gasteiger charge is 2.17. The van der Waals surface area contributed by atoms with Gasteiger partial charge in [-0.2, -0.15) is 0 Å². The molecule has 0 unspecified atom stereocenters. The second-order valence-corrected chi connectivity index (χ2v) is 4.89. The summed E-state index contributed by atoms with van der Waals surface area (Å²) in [5.74, 6) is 0.492. The predicted molar refractivity (Wildman–Crippen MR) is 70.4 cm³/mol. The van der Waals surface area contributed by atoms with Crippen LogP contribution in [0, 0.1) is 0 Å². The minimum Gasteiger partial charge on any atom is -0.487 e. The SMILES string of the molecule is CC(C)(C)OC(=O)COc1ccccc1OCCO. The number of para-hydroxylation sites is 2. The number of benzene rings is 1. The highest BCUT2D eigenvalue weighted by Crippen LogP contribution is 2.26. The maximum absolute atomic E-state index is 11.5. The first kappa shape index (κ1) is 15.3. The van der Waals surface area contributed by atoms with E-state index in [1.807, 2.05) is 0 Å². The average Bonchev–Trinajstić information content (AvgIpc) is 2.32. The van der Waals surface area contributed by atoms with Crippen molar-refractivity contribution in [3.63, 3.8) is 0 Å². The van der Waals surface area contributed by atoms with Crippen LogP contribution >= 0.6 is 0 Å². The highest BCUT2D eigenvalue weighted by molar-refractivity contribution is 5.71. The maximum atomic E-state index is 11.5. The van der Waals surface area contributed by atoms with Gasteiger partial charge in [0.25, 0.3) is 0 Å². The van der Waals surface area contributed by atoms with Crippen LogP contribution in [0.4, 0.5) is 0 Å². The maximum Gasteiger partial charge on any atom is 0.344 e. The molecule has 0 spiro atoms. The summed E-state index contributed by atoms with van der Waals surface area (Å²) in [6.45, 7) is 5.29. The molecular weight excluding hydrogens is 248 g/mol. The van der Waals surface area contributed by atoms with E-state index >= 15 is 0 Å². The molecule has 0 atom stereocenters. The molecule has 0 aliphatic carbocycles. The van der Waals surface area contributed by atoms with Crippen molar-refractivity contribution in [2.45, 2.75) is 26.4 Å².